The zero-order valence-corrected chi connectivity index (χ0v) is 23.7. The number of nitrogens with one attached hydrogen (secondary N) is 2. The van der Waals surface area contributed by atoms with Crippen LogP contribution in [0.25, 0.3) is 0 Å². The van der Waals surface area contributed by atoms with Crippen molar-refractivity contribution in [2.75, 3.05) is 44.1 Å². The van der Waals surface area contributed by atoms with Gasteiger partial charge in [-0.1, -0.05) is 30.3 Å². The summed E-state index contributed by atoms with van der Waals surface area (Å²) in [6, 6.07) is 21.1. The van der Waals surface area contributed by atoms with Gasteiger partial charge in [0.15, 0.2) is 5.75 Å². The van der Waals surface area contributed by atoms with Crippen molar-refractivity contribution in [3.63, 3.8) is 0 Å². The summed E-state index contributed by atoms with van der Waals surface area (Å²) < 4.78 is 40.0. The molecule has 0 radical (unpaired) electrons. The Hall–Kier alpha value is -4.42. The molecule has 2 heterocycles. The van der Waals surface area contributed by atoms with Crippen molar-refractivity contribution >= 4 is 33.4 Å². The van der Waals surface area contributed by atoms with Crippen LogP contribution in [0, 0.1) is 0 Å². The van der Waals surface area contributed by atoms with Gasteiger partial charge >= 0.3 is 0 Å². The van der Waals surface area contributed by atoms with E-state index in [4.69, 9.17) is 9.47 Å². The van der Waals surface area contributed by atoms with E-state index in [-0.39, 0.29) is 40.6 Å². The van der Waals surface area contributed by atoms with Crippen LogP contribution < -0.4 is 14.8 Å². The Morgan fingerprint density at radius 1 is 0.857 bits per heavy atom. The molecular formula is C30H32N4O7S. The first kappa shape index (κ1) is 29.1. The van der Waals surface area contributed by atoms with Crippen molar-refractivity contribution in [2.45, 2.75) is 23.8 Å². The topological polar surface area (TPSA) is 134 Å². The lowest BCUT2D eigenvalue weighted by Crippen LogP contribution is -2.54. The number of para-hydroxylation sites is 3. The average molecular weight is 593 g/mol. The van der Waals surface area contributed by atoms with E-state index in [2.05, 4.69) is 10.0 Å². The van der Waals surface area contributed by atoms with Gasteiger partial charge < -0.3 is 24.6 Å². The fourth-order valence-electron chi connectivity index (χ4n) is 4.77. The third-order valence-electron chi connectivity index (χ3n) is 7.08. The second-order valence-corrected chi connectivity index (χ2v) is 11.6. The molecule has 2 aliphatic heterocycles. The molecule has 42 heavy (non-hydrogen) atoms. The highest BCUT2D eigenvalue weighted by Crippen LogP contribution is 2.31. The van der Waals surface area contributed by atoms with Gasteiger partial charge in [-0.05, 0) is 61.4 Å². The summed E-state index contributed by atoms with van der Waals surface area (Å²) in [5, 5.41) is 2.59. The number of ether oxygens (including phenoxy) is 2. The largest absolute Gasteiger partial charge is 0.455 e. The molecule has 3 aromatic rings. The normalized spacial score (nSPS) is 17.0. The van der Waals surface area contributed by atoms with Crippen molar-refractivity contribution in [3.8, 4) is 11.5 Å². The highest BCUT2D eigenvalue weighted by atomic mass is 32.2. The summed E-state index contributed by atoms with van der Waals surface area (Å²) in [6.07, 6.45) is 1.22. The zero-order valence-electron chi connectivity index (χ0n) is 22.9. The number of sulfonamides is 1. The van der Waals surface area contributed by atoms with Crippen molar-refractivity contribution in [1.29, 1.82) is 0 Å². The standard InChI is InChI=1S/C30H32N4O7S/c35-28(33-16-18-34(19-17-33)30(37)27-11-6-20-40-27)21-31-29(36)22-12-14-24(15-13-22)42(38,39)32-25-9-4-5-10-26(25)41-23-7-2-1-3-8-23/h1-5,7-10,12-15,27,32H,6,11,16-21H2,(H,31,36). The van der Waals surface area contributed by atoms with Gasteiger partial charge in [0.25, 0.3) is 21.8 Å². The molecule has 0 aliphatic carbocycles. The maximum Gasteiger partial charge on any atom is 0.262 e. The molecule has 5 rings (SSSR count). The maximum absolute atomic E-state index is 13.1. The highest BCUT2D eigenvalue weighted by molar-refractivity contribution is 7.92. The van der Waals surface area contributed by atoms with Gasteiger partial charge in [-0.15, -0.1) is 0 Å². The number of anilines is 1. The average Bonchev–Trinajstić information content (AvgIpc) is 3.56. The van der Waals surface area contributed by atoms with E-state index in [0.29, 0.717) is 44.3 Å². The van der Waals surface area contributed by atoms with Crippen LogP contribution in [-0.2, 0) is 24.3 Å². The van der Waals surface area contributed by atoms with E-state index in [9.17, 15) is 22.8 Å². The fourth-order valence-corrected chi connectivity index (χ4v) is 5.84. The molecular weight excluding hydrogens is 560 g/mol. The van der Waals surface area contributed by atoms with Gasteiger partial charge in [0.2, 0.25) is 5.91 Å². The Kier molecular flexibility index (Phi) is 9.03. The van der Waals surface area contributed by atoms with Crippen LogP contribution in [0.15, 0.2) is 83.8 Å². The number of carbonyl (C=O) groups excluding carboxylic acids is 3. The summed E-state index contributed by atoms with van der Waals surface area (Å²) in [7, 11) is -3.99. The number of nitrogens with zero attached hydrogens (tertiary/aromatic N) is 2. The van der Waals surface area contributed by atoms with E-state index in [0.717, 1.165) is 12.8 Å². The monoisotopic (exact) mass is 592 g/mol. The molecule has 12 heteroatoms. The molecule has 220 valence electrons. The Labute approximate surface area is 244 Å². The highest BCUT2D eigenvalue weighted by Gasteiger charge is 2.31. The number of benzene rings is 3. The number of carbonyl (C=O) groups is 3. The molecule has 2 N–H and O–H groups in total. The van der Waals surface area contributed by atoms with Crippen molar-refractivity contribution in [2.24, 2.45) is 0 Å². The van der Waals surface area contributed by atoms with E-state index >= 15 is 0 Å². The first-order chi connectivity index (χ1) is 20.3. The van der Waals surface area contributed by atoms with Gasteiger partial charge in [0.1, 0.15) is 11.9 Å². The third-order valence-corrected chi connectivity index (χ3v) is 8.46. The number of rotatable bonds is 9. The van der Waals surface area contributed by atoms with Gasteiger partial charge in [0.05, 0.1) is 17.1 Å². The quantitative estimate of drug-likeness (QED) is 0.390. The number of amides is 3. The summed E-state index contributed by atoms with van der Waals surface area (Å²) in [6.45, 7) is 2.00. The summed E-state index contributed by atoms with van der Waals surface area (Å²) >= 11 is 0. The second kappa shape index (κ2) is 13.0. The van der Waals surface area contributed by atoms with Crippen LogP contribution in [0.2, 0.25) is 0 Å². The molecule has 3 aromatic carbocycles. The van der Waals surface area contributed by atoms with Crippen molar-refractivity contribution in [3.05, 3.63) is 84.4 Å². The smallest absolute Gasteiger partial charge is 0.262 e. The SMILES string of the molecule is O=C(NCC(=O)N1CCN(C(=O)C2CCCO2)CC1)c1ccc(S(=O)(=O)Nc2ccccc2Oc2ccccc2)cc1. The number of hydrogen-bond acceptors (Lipinski definition) is 7. The van der Waals surface area contributed by atoms with Crippen LogP contribution in [0.3, 0.4) is 0 Å². The first-order valence-electron chi connectivity index (χ1n) is 13.7. The van der Waals surface area contributed by atoms with E-state index in [1.165, 1.54) is 24.3 Å². The lowest BCUT2D eigenvalue weighted by atomic mass is 10.2. The maximum atomic E-state index is 13.1. The fraction of sp³-hybridized carbons (Fsp3) is 0.300. The molecule has 0 spiro atoms. The van der Waals surface area contributed by atoms with Crippen LogP contribution in [0.5, 0.6) is 11.5 Å². The van der Waals surface area contributed by atoms with Crippen LogP contribution >= 0.6 is 0 Å². The van der Waals surface area contributed by atoms with Crippen LogP contribution in [0.1, 0.15) is 23.2 Å². The predicted octanol–water partition coefficient (Wildman–Crippen LogP) is 2.86. The Balaban J connectivity index is 1.13. The second-order valence-electron chi connectivity index (χ2n) is 9.93. The Bertz CT molecular complexity index is 1520. The molecule has 1 unspecified atom stereocenters. The van der Waals surface area contributed by atoms with Gasteiger partial charge in [-0.25, -0.2) is 8.42 Å². The van der Waals surface area contributed by atoms with E-state index in [1.54, 1.807) is 46.2 Å². The minimum Gasteiger partial charge on any atom is -0.455 e. The van der Waals surface area contributed by atoms with Gasteiger partial charge in [-0.2, -0.15) is 0 Å². The van der Waals surface area contributed by atoms with Gasteiger partial charge in [0, 0.05) is 38.3 Å². The molecule has 1 atom stereocenters. The summed E-state index contributed by atoms with van der Waals surface area (Å²) in [5.74, 6) is 0.105. The van der Waals surface area contributed by atoms with E-state index in [1.807, 2.05) is 18.2 Å². The molecule has 11 nitrogen and oxygen atoms in total. The minimum atomic E-state index is -3.99. The Morgan fingerprint density at radius 3 is 2.21 bits per heavy atom. The summed E-state index contributed by atoms with van der Waals surface area (Å²) in [4.78, 5) is 41.1. The molecule has 2 saturated heterocycles. The van der Waals surface area contributed by atoms with Crippen LogP contribution in [0.4, 0.5) is 5.69 Å². The van der Waals surface area contributed by atoms with Crippen molar-refractivity contribution in [1.82, 2.24) is 15.1 Å². The third kappa shape index (κ3) is 7.07. The first-order valence-corrected chi connectivity index (χ1v) is 15.2. The zero-order chi connectivity index (χ0) is 29.5. The Morgan fingerprint density at radius 2 is 1.52 bits per heavy atom. The predicted molar refractivity (Wildman–Crippen MR) is 155 cm³/mol. The lowest BCUT2D eigenvalue weighted by Gasteiger charge is -2.35. The molecule has 0 bridgehead atoms. The molecule has 0 saturated carbocycles. The molecule has 3 amide bonds. The molecule has 2 aliphatic rings. The molecule has 2 fully saturated rings. The van der Waals surface area contributed by atoms with E-state index < -0.39 is 15.9 Å². The minimum absolute atomic E-state index is 0.0294. The van der Waals surface area contributed by atoms with Crippen molar-refractivity contribution < 1.29 is 32.3 Å². The van der Waals surface area contributed by atoms with Crippen LogP contribution in [-0.4, -0.2) is 81.4 Å². The summed E-state index contributed by atoms with van der Waals surface area (Å²) in [5.41, 5.74) is 0.472. The number of piperazine rings is 1. The lowest BCUT2D eigenvalue weighted by molar-refractivity contribution is -0.145. The number of hydrogen-bond donors (Lipinski definition) is 2. The van der Waals surface area contributed by atoms with Gasteiger partial charge in [-0.3, -0.25) is 19.1 Å². The molecule has 0 aromatic heterocycles.